The molecule has 0 atom stereocenters. The minimum Gasteiger partial charge on any atom is -0.492 e. The van der Waals surface area contributed by atoms with E-state index in [1.807, 2.05) is 30.3 Å². The van der Waals surface area contributed by atoms with E-state index in [1.54, 1.807) is 37.3 Å². The number of ether oxygens (including phenoxy) is 2. The number of benzene rings is 3. The Labute approximate surface area is 194 Å². The predicted octanol–water partition coefficient (Wildman–Crippen LogP) is 4.91. The van der Waals surface area contributed by atoms with Crippen LogP contribution in [0.2, 0.25) is 0 Å². The lowest BCUT2D eigenvalue weighted by molar-refractivity contribution is 0.102. The first-order chi connectivity index (χ1) is 16.0. The highest BCUT2D eigenvalue weighted by molar-refractivity contribution is 7.89. The van der Waals surface area contributed by atoms with Gasteiger partial charge in [0.15, 0.2) is 0 Å². The summed E-state index contributed by atoms with van der Waals surface area (Å²) in [5, 5.41) is 2.81. The van der Waals surface area contributed by atoms with Crippen molar-refractivity contribution in [2.75, 3.05) is 25.0 Å². The normalized spacial score (nSPS) is 14.1. The summed E-state index contributed by atoms with van der Waals surface area (Å²) in [7, 11) is -3.74. The van der Waals surface area contributed by atoms with Crippen LogP contribution in [0.3, 0.4) is 0 Å². The van der Waals surface area contributed by atoms with Crippen LogP contribution in [-0.4, -0.2) is 38.3 Å². The van der Waals surface area contributed by atoms with E-state index >= 15 is 0 Å². The van der Waals surface area contributed by atoms with Crippen LogP contribution < -0.4 is 14.8 Å². The van der Waals surface area contributed by atoms with Gasteiger partial charge in [0.25, 0.3) is 5.91 Å². The minimum absolute atomic E-state index is 0.0190. The molecule has 0 saturated carbocycles. The summed E-state index contributed by atoms with van der Waals surface area (Å²) in [5.74, 6) is 1.20. The lowest BCUT2D eigenvalue weighted by Crippen LogP contribution is -2.28. The highest BCUT2D eigenvalue weighted by Gasteiger charge is 2.30. The second-order valence-electron chi connectivity index (χ2n) is 7.60. The molecule has 1 fully saturated rings. The fourth-order valence-corrected chi connectivity index (χ4v) is 5.30. The van der Waals surface area contributed by atoms with Crippen LogP contribution in [0, 0.1) is 0 Å². The van der Waals surface area contributed by atoms with Crippen LogP contribution >= 0.6 is 0 Å². The van der Waals surface area contributed by atoms with E-state index in [1.165, 1.54) is 16.4 Å². The molecule has 0 bridgehead atoms. The summed E-state index contributed by atoms with van der Waals surface area (Å²) in [6.07, 6.45) is 1.65. The molecule has 172 valence electrons. The minimum atomic E-state index is -3.74. The van der Waals surface area contributed by atoms with Crippen LogP contribution in [0.5, 0.6) is 17.2 Å². The van der Waals surface area contributed by atoms with Crippen molar-refractivity contribution in [1.82, 2.24) is 4.31 Å². The highest BCUT2D eigenvalue weighted by Crippen LogP contribution is 2.30. The van der Waals surface area contributed by atoms with Crippen molar-refractivity contribution in [3.63, 3.8) is 0 Å². The number of para-hydroxylation sites is 1. The largest absolute Gasteiger partial charge is 0.492 e. The molecule has 0 radical (unpaired) electrons. The molecule has 1 heterocycles. The second-order valence-corrected chi connectivity index (χ2v) is 9.51. The van der Waals surface area contributed by atoms with Gasteiger partial charge >= 0.3 is 0 Å². The predicted molar refractivity (Wildman–Crippen MR) is 127 cm³/mol. The fraction of sp³-hybridized carbons (Fsp3) is 0.240. The number of carbonyl (C=O) groups is 1. The molecule has 1 N–H and O–H groups in total. The maximum Gasteiger partial charge on any atom is 0.255 e. The van der Waals surface area contributed by atoms with Gasteiger partial charge in [0, 0.05) is 24.3 Å². The van der Waals surface area contributed by atoms with Crippen LogP contribution in [0.4, 0.5) is 5.69 Å². The Morgan fingerprint density at radius 3 is 2.27 bits per heavy atom. The van der Waals surface area contributed by atoms with E-state index in [2.05, 4.69) is 5.32 Å². The van der Waals surface area contributed by atoms with Gasteiger partial charge < -0.3 is 14.8 Å². The summed E-state index contributed by atoms with van der Waals surface area (Å²) < 4.78 is 39.1. The van der Waals surface area contributed by atoms with Crippen LogP contribution in [0.1, 0.15) is 30.1 Å². The zero-order chi connectivity index (χ0) is 23.3. The standard InChI is InChI=1S/C25H26N2O5S/c1-2-31-23-15-10-19(18-24(23)33(29,30)27-16-6-7-17-27)25(28)26-20-11-13-22(14-12-20)32-21-8-4-3-5-9-21/h3-5,8-15,18H,2,6-7,16-17H2,1H3,(H,26,28). The Morgan fingerprint density at radius 1 is 0.939 bits per heavy atom. The van der Waals surface area contributed by atoms with E-state index in [-0.39, 0.29) is 16.2 Å². The lowest BCUT2D eigenvalue weighted by atomic mass is 10.2. The molecule has 1 aliphatic heterocycles. The van der Waals surface area contributed by atoms with Gasteiger partial charge in [0.2, 0.25) is 10.0 Å². The van der Waals surface area contributed by atoms with Crippen LogP contribution in [0.15, 0.2) is 77.7 Å². The first-order valence-electron chi connectivity index (χ1n) is 10.9. The molecule has 7 nitrogen and oxygen atoms in total. The van der Waals surface area contributed by atoms with Gasteiger partial charge in [-0.15, -0.1) is 0 Å². The molecule has 8 heteroatoms. The van der Waals surface area contributed by atoms with Gasteiger partial charge in [-0.3, -0.25) is 4.79 Å². The van der Waals surface area contributed by atoms with Crippen LogP contribution in [0.25, 0.3) is 0 Å². The summed E-state index contributed by atoms with van der Waals surface area (Å²) in [5.41, 5.74) is 0.805. The van der Waals surface area contributed by atoms with E-state index < -0.39 is 15.9 Å². The molecule has 33 heavy (non-hydrogen) atoms. The van der Waals surface area contributed by atoms with Crippen molar-refractivity contribution in [1.29, 1.82) is 0 Å². The summed E-state index contributed by atoms with van der Waals surface area (Å²) in [4.78, 5) is 12.9. The number of nitrogens with one attached hydrogen (secondary N) is 1. The highest BCUT2D eigenvalue weighted by atomic mass is 32.2. The Hall–Kier alpha value is -3.36. The molecule has 1 aliphatic rings. The lowest BCUT2D eigenvalue weighted by Gasteiger charge is -2.19. The number of sulfonamides is 1. The third-order valence-corrected chi connectivity index (χ3v) is 7.20. The van der Waals surface area contributed by atoms with Crippen molar-refractivity contribution in [2.24, 2.45) is 0 Å². The molecule has 1 saturated heterocycles. The third kappa shape index (κ3) is 5.35. The molecule has 3 aromatic carbocycles. The van der Waals surface area contributed by atoms with Crippen molar-refractivity contribution in [3.8, 4) is 17.2 Å². The Bertz CT molecular complexity index is 1210. The molecular weight excluding hydrogens is 440 g/mol. The van der Waals surface area contributed by atoms with Crippen molar-refractivity contribution < 1.29 is 22.7 Å². The topological polar surface area (TPSA) is 84.9 Å². The summed E-state index contributed by atoms with van der Waals surface area (Å²) in [6.45, 7) is 3.06. The number of anilines is 1. The quantitative estimate of drug-likeness (QED) is 0.510. The molecule has 0 spiro atoms. The van der Waals surface area contributed by atoms with E-state index in [0.29, 0.717) is 31.1 Å². The number of hydrogen-bond acceptors (Lipinski definition) is 5. The van der Waals surface area contributed by atoms with Gasteiger partial charge in [-0.05, 0) is 74.4 Å². The summed E-state index contributed by atoms with van der Waals surface area (Å²) >= 11 is 0. The fourth-order valence-electron chi connectivity index (χ4n) is 3.63. The first kappa shape index (κ1) is 22.8. The smallest absolute Gasteiger partial charge is 0.255 e. The summed E-state index contributed by atoms with van der Waals surface area (Å²) in [6, 6.07) is 20.9. The molecule has 0 aliphatic carbocycles. The van der Waals surface area contributed by atoms with Crippen molar-refractivity contribution in [2.45, 2.75) is 24.7 Å². The van der Waals surface area contributed by atoms with E-state index in [9.17, 15) is 13.2 Å². The zero-order valence-corrected chi connectivity index (χ0v) is 19.2. The molecular formula is C25H26N2O5S. The van der Waals surface area contributed by atoms with Gasteiger partial charge in [-0.25, -0.2) is 8.42 Å². The van der Waals surface area contributed by atoms with E-state index in [4.69, 9.17) is 9.47 Å². The number of rotatable bonds is 8. The van der Waals surface area contributed by atoms with E-state index in [0.717, 1.165) is 18.6 Å². The SMILES string of the molecule is CCOc1ccc(C(=O)Nc2ccc(Oc3ccccc3)cc2)cc1S(=O)(=O)N1CCCC1. The van der Waals surface area contributed by atoms with Crippen molar-refractivity contribution in [3.05, 3.63) is 78.4 Å². The number of amides is 1. The molecule has 1 amide bonds. The maximum atomic E-state index is 13.2. The molecule has 4 rings (SSSR count). The van der Waals surface area contributed by atoms with Gasteiger partial charge in [0.05, 0.1) is 6.61 Å². The average molecular weight is 467 g/mol. The molecule has 3 aromatic rings. The second kappa shape index (κ2) is 10.1. The first-order valence-corrected chi connectivity index (χ1v) is 12.3. The molecule has 0 unspecified atom stereocenters. The zero-order valence-electron chi connectivity index (χ0n) is 18.4. The van der Waals surface area contributed by atoms with Crippen LogP contribution in [-0.2, 0) is 10.0 Å². The Balaban J connectivity index is 1.52. The van der Waals surface area contributed by atoms with Gasteiger partial charge in [0.1, 0.15) is 22.1 Å². The monoisotopic (exact) mass is 466 g/mol. The Morgan fingerprint density at radius 2 is 1.61 bits per heavy atom. The number of carbonyl (C=O) groups excluding carboxylic acids is 1. The maximum absolute atomic E-state index is 13.2. The number of nitrogens with zero attached hydrogens (tertiary/aromatic N) is 1. The third-order valence-electron chi connectivity index (χ3n) is 5.28. The number of hydrogen-bond donors (Lipinski definition) is 1. The molecule has 0 aromatic heterocycles. The van der Waals surface area contributed by atoms with Gasteiger partial charge in [-0.1, -0.05) is 18.2 Å². The average Bonchev–Trinajstić information content (AvgIpc) is 3.37. The Kier molecular flexibility index (Phi) is 6.96. The van der Waals surface area contributed by atoms with Crippen molar-refractivity contribution >= 4 is 21.6 Å². The van der Waals surface area contributed by atoms with Gasteiger partial charge in [-0.2, -0.15) is 4.31 Å².